The van der Waals surface area contributed by atoms with E-state index in [9.17, 15) is 4.79 Å². The second-order valence-electron chi connectivity index (χ2n) is 5.53. The maximum absolute atomic E-state index is 11.5. The van der Waals surface area contributed by atoms with Crippen molar-refractivity contribution < 1.29 is 9.53 Å². The normalized spacial score (nSPS) is 11.5. The van der Waals surface area contributed by atoms with Gasteiger partial charge in [0.15, 0.2) is 5.82 Å². The van der Waals surface area contributed by atoms with E-state index in [1.807, 2.05) is 36.4 Å². The average Bonchev–Trinajstić information content (AvgIpc) is 3.01. The van der Waals surface area contributed by atoms with Gasteiger partial charge in [-0.15, -0.1) is 5.10 Å². The Hall–Kier alpha value is -2.66. The first-order valence-electron chi connectivity index (χ1n) is 7.51. The van der Waals surface area contributed by atoms with Crippen LogP contribution in [0.1, 0.15) is 13.8 Å². The number of aromatic nitrogens is 3. The molecule has 0 amide bonds. The lowest BCUT2D eigenvalue weighted by Crippen LogP contribution is -2.08. The molecule has 5 nitrogen and oxygen atoms in total. The van der Waals surface area contributed by atoms with Crippen molar-refractivity contribution >= 4 is 34.5 Å². The molecule has 0 saturated carbocycles. The zero-order valence-corrected chi connectivity index (χ0v) is 14.1. The Bertz CT molecular complexity index is 916. The number of hydrogen-bond acceptors (Lipinski definition) is 4. The smallest absolute Gasteiger partial charge is 0.332 e. The van der Waals surface area contributed by atoms with E-state index in [4.69, 9.17) is 16.3 Å². The molecule has 6 heteroatoms. The second kappa shape index (κ2) is 6.84. The number of rotatable bonds is 4. The first-order valence-corrected chi connectivity index (χ1v) is 7.89. The molecule has 0 aliphatic carbocycles. The number of ether oxygens (including phenoxy) is 1. The standard InChI is InChI=1S/C18H16ClN3O2/c1-12(2)24-17(23)7-8-22-11-20-18(21-22)14-9-13-5-3-4-6-15(13)16(19)10-14/h3-12H,1-2H3. The highest BCUT2D eigenvalue weighted by Gasteiger charge is 2.08. The summed E-state index contributed by atoms with van der Waals surface area (Å²) in [4.78, 5) is 15.8. The third-order valence-electron chi connectivity index (χ3n) is 3.29. The summed E-state index contributed by atoms with van der Waals surface area (Å²) in [5, 5.41) is 6.99. The molecule has 0 aliphatic heterocycles. The zero-order valence-electron chi connectivity index (χ0n) is 13.3. The van der Waals surface area contributed by atoms with Crippen LogP contribution in [0.2, 0.25) is 5.02 Å². The van der Waals surface area contributed by atoms with Crippen LogP contribution in [0.4, 0.5) is 0 Å². The fraction of sp³-hybridized carbons (Fsp3) is 0.167. The van der Waals surface area contributed by atoms with Crippen LogP contribution in [0.5, 0.6) is 0 Å². The minimum Gasteiger partial charge on any atom is -0.460 e. The lowest BCUT2D eigenvalue weighted by molar-refractivity contribution is -0.141. The molecule has 0 fully saturated rings. The predicted octanol–water partition coefficient (Wildman–Crippen LogP) is 4.17. The highest BCUT2D eigenvalue weighted by molar-refractivity contribution is 6.35. The fourth-order valence-corrected chi connectivity index (χ4v) is 2.57. The zero-order chi connectivity index (χ0) is 17.1. The predicted molar refractivity (Wildman–Crippen MR) is 94.5 cm³/mol. The van der Waals surface area contributed by atoms with Gasteiger partial charge in [-0.05, 0) is 31.4 Å². The Labute approximate surface area is 144 Å². The molecule has 1 aromatic heterocycles. The number of fused-ring (bicyclic) bond motifs is 1. The summed E-state index contributed by atoms with van der Waals surface area (Å²) in [6.45, 7) is 3.59. The Morgan fingerprint density at radius 1 is 1.29 bits per heavy atom. The summed E-state index contributed by atoms with van der Waals surface area (Å²) >= 11 is 6.33. The van der Waals surface area contributed by atoms with Gasteiger partial charge >= 0.3 is 5.97 Å². The van der Waals surface area contributed by atoms with Crippen LogP contribution < -0.4 is 0 Å². The van der Waals surface area contributed by atoms with Crippen LogP contribution in [0.3, 0.4) is 0 Å². The minimum absolute atomic E-state index is 0.159. The van der Waals surface area contributed by atoms with Crippen molar-refractivity contribution in [3.8, 4) is 11.4 Å². The van der Waals surface area contributed by atoms with Crippen molar-refractivity contribution in [2.75, 3.05) is 0 Å². The molecular formula is C18H16ClN3O2. The first-order chi connectivity index (χ1) is 11.5. The fourth-order valence-electron chi connectivity index (χ4n) is 2.28. The molecule has 0 spiro atoms. The summed E-state index contributed by atoms with van der Waals surface area (Å²) in [6.07, 6.45) is 4.18. The highest BCUT2D eigenvalue weighted by atomic mass is 35.5. The molecule has 1 heterocycles. The number of halogens is 1. The lowest BCUT2D eigenvalue weighted by atomic mass is 10.1. The molecule has 0 N–H and O–H groups in total. The average molecular weight is 342 g/mol. The van der Waals surface area contributed by atoms with Crippen LogP contribution in [0.25, 0.3) is 28.4 Å². The van der Waals surface area contributed by atoms with Crippen molar-refractivity contribution in [3.05, 3.63) is 53.8 Å². The van der Waals surface area contributed by atoms with E-state index in [1.165, 1.54) is 23.3 Å². The van der Waals surface area contributed by atoms with Gasteiger partial charge in [-0.2, -0.15) is 0 Å². The van der Waals surface area contributed by atoms with E-state index >= 15 is 0 Å². The molecule has 0 unspecified atom stereocenters. The van der Waals surface area contributed by atoms with Gasteiger partial charge in [-0.1, -0.05) is 35.9 Å². The minimum atomic E-state index is -0.421. The largest absolute Gasteiger partial charge is 0.460 e. The quantitative estimate of drug-likeness (QED) is 0.528. The molecule has 0 atom stereocenters. The third kappa shape index (κ3) is 3.63. The van der Waals surface area contributed by atoms with Gasteiger partial charge in [0.1, 0.15) is 6.33 Å². The molecule has 0 radical (unpaired) electrons. The molecule has 3 rings (SSSR count). The van der Waals surface area contributed by atoms with Gasteiger partial charge in [-0.25, -0.2) is 14.5 Å². The van der Waals surface area contributed by atoms with Gasteiger partial charge < -0.3 is 4.74 Å². The Morgan fingerprint density at radius 3 is 2.88 bits per heavy atom. The van der Waals surface area contributed by atoms with Crippen molar-refractivity contribution in [2.24, 2.45) is 0 Å². The van der Waals surface area contributed by atoms with Crippen LogP contribution in [0.15, 0.2) is 48.8 Å². The number of hydrogen-bond donors (Lipinski definition) is 0. The van der Waals surface area contributed by atoms with Gasteiger partial charge in [-0.3, -0.25) is 0 Å². The van der Waals surface area contributed by atoms with E-state index in [0.29, 0.717) is 10.8 Å². The second-order valence-corrected chi connectivity index (χ2v) is 5.94. The molecule has 0 aliphatic rings. The molecule has 24 heavy (non-hydrogen) atoms. The summed E-state index contributed by atoms with van der Waals surface area (Å²) in [6, 6.07) is 11.7. The van der Waals surface area contributed by atoms with Gasteiger partial charge in [0, 0.05) is 28.2 Å². The highest BCUT2D eigenvalue weighted by Crippen LogP contribution is 2.29. The third-order valence-corrected chi connectivity index (χ3v) is 3.61. The summed E-state index contributed by atoms with van der Waals surface area (Å²) < 4.78 is 6.48. The molecule has 122 valence electrons. The van der Waals surface area contributed by atoms with E-state index in [0.717, 1.165) is 16.3 Å². The molecule has 0 saturated heterocycles. The number of esters is 1. The van der Waals surface area contributed by atoms with Crippen LogP contribution >= 0.6 is 11.6 Å². The topological polar surface area (TPSA) is 57.0 Å². The van der Waals surface area contributed by atoms with E-state index < -0.39 is 5.97 Å². The van der Waals surface area contributed by atoms with E-state index in [1.54, 1.807) is 13.8 Å². The number of carbonyl (C=O) groups excluding carboxylic acids is 1. The SMILES string of the molecule is CC(C)OC(=O)C=Cn1cnc(-c2cc(Cl)c3ccccc3c2)n1. The maximum Gasteiger partial charge on any atom is 0.332 e. The number of nitrogens with zero attached hydrogens (tertiary/aromatic N) is 3. The van der Waals surface area contributed by atoms with E-state index in [-0.39, 0.29) is 6.10 Å². The molecular weight excluding hydrogens is 326 g/mol. The number of carbonyl (C=O) groups is 1. The number of benzene rings is 2. The van der Waals surface area contributed by atoms with Crippen molar-refractivity contribution in [3.63, 3.8) is 0 Å². The van der Waals surface area contributed by atoms with Crippen molar-refractivity contribution in [1.29, 1.82) is 0 Å². The van der Waals surface area contributed by atoms with Gasteiger partial charge in [0.05, 0.1) is 6.10 Å². The van der Waals surface area contributed by atoms with Crippen LogP contribution in [0, 0.1) is 0 Å². The summed E-state index contributed by atoms with van der Waals surface area (Å²) in [5.41, 5.74) is 0.815. The van der Waals surface area contributed by atoms with E-state index in [2.05, 4.69) is 10.1 Å². The summed E-state index contributed by atoms with van der Waals surface area (Å²) in [7, 11) is 0. The van der Waals surface area contributed by atoms with Crippen molar-refractivity contribution in [1.82, 2.24) is 14.8 Å². The molecule has 2 aromatic carbocycles. The molecule has 3 aromatic rings. The molecule has 0 bridgehead atoms. The van der Waals surface area contributed by atoms with Gasteiger partial charge in [0.2, 0.25) is 0 Å². The Morgan fingerprint density at radius 2 is 2.08 bits per heavy atom. The first kappa shape index (κ1) is 16.2. The Balaban J connectivity index is 1.86. The Kier molecular flexibility index (Phi) is 4.62. The maximum atomic E-state index is 11.5. The van der Waals surface area contributed by atoms with Crippen LogP contribution in [-0.2, 0) is 9.53 Å². The van der Waals surface area contributed by atoms with Crippen molar-refractivity contribution in [2.45, 2.75) is 20.0 Å². The van der Waals surface area contributed by atoms with Gasteiger partial charge in [0.25, 0.3) is 0 Å². The lowest BCUT2D eigenvalue weighted by Gasteiger charge is -2.03. The monoisotopic (exact) mass is 341 g/mol. The summed E-state index contributed by atoms with van der Waals surface area (Å²) in [5.74, 6) is 0.111. The van der Waals surface area contributed by atoms with Crippen LogP contribution in [-0.4, -0.2) is 26.8 Å².